The number of thiophene rings is 1. The van der Waals surface area contributed by atoms with Crippen LogP contribution in [0.5, 0.6) is 5.75 Å². The fourth-order valence-corrected chi connectivity index (χ4v) is 4.54. The number of carbonyl (C=O) groups is 3. The molecule has 182 valence electrons. The van der Waals surface area contributed by atoms with E-state index in [0.29, 0.717) is 32.6 Å². The first kappa shape index (κ1) is 26.3. The van der Waals surface area contributed by atoms with Gasteiger partial charge in [0.05, 0.1) is 39.9 Å². The van der Waals surface area contributed by atoms with Crippen molar-refractivity contribution >= 4 is 69.1 Å². The van der Waals surface area contributed by atoms with E-state index in [9.17, 15) is 14.4 Å². The number of anilines is 2. The summed E-state index contributed by atoms with van der Waals surface area (Å²) in [5.41, 5.74) is 1.66. The number of carbonyl (C=O) groups excluding carboxylic acids is 3. The molecule has 0 saturated carbocycles. The zero-order valence-corrected chi connectivity index (χ0v) is 21.4. The molecule has 3 rings (SSSR count). The van der Waals surface area contributed by atoms with Crippen LogP contribution in [0.2, 0.25) is 10.0 Å². The van der Waals surface area contributed by atoms with Crippen molar-refractivity contribution in [3.63, 3.8) is 0 Å². The highest BCUT2D eigenvalue weighted by molar-refractivity contribution is 7.19. The number of para-hydroxylation sites is 2. The molecule has 0 aliphatic heterocycles. The quantitative estimate of drug-likeness (QED) is 0.256. The molecule has 0 saturated heterocycles. The number of methoxy groups -OCH3 is 1. The molecule has 1 heterocycles. The third-order valence-corrected chi connectivity index (χ3v) is 6.74. The van der Waals surface area contributed by atoms with Gasteiger partial charge in [-0.25, -0.2) is 4.79 Å². The Bertz CT molecular complexity index is 1300. The lowest BCUT2D eigenvalue weighted by Gasteiger charge is -2.09. The molecule has 7 nitrogen and oxygen atoms in total. The Labute approximate surface area is 216 Å². The molecule has 0 atom stereocenters. The molecule has 10 heteroatoms. The number of hydrogen-bond acceptors (Lipinski definition) is 6. The summed E-state index contributed by atoms with van der Waals surface area (Å²) >= 11 is 12.9. The Kier molecular flexibility index (Phi) is 8.92. The Hall–Kier alpha value is -3.33. The molecule has 0 bridgehead atoms. The van der Waals surface area contributed by atoms with E-state index in [-0.39, 0.29) is 22.0 Å². The fraction of sp³-hybridized carbons (Fsp3) is 0.160. The van der Waals surface area contributed by atoms with Gasteiger partial charge in [-0.3, -0.25) is 9.59 Å². The van der Waals surface area contributed by atoms with E-state index in [0.717, 1.165) is 11.3 Å². The number of benzene rings is 2. The van der Waals surface area contributed by atoms with Gasteiger partial charge in [0, 0.05) is 6.08 Å². The Morgan fingerprint density at radius 2 is 1.80 bits per heavy atom. The second-order valence-electron chi connectivity index (χ2n) is 7.13. The number of rotatable bonds is 8. The van der Waals surface area contributed by atoms with Gasteiger partial charge in [-0.05, 0) is 55.3 Å². The monoisotopic (exact) mass is 532 g/mol. The predicted molar refractivity (Wildman–Crippen MR) is 140 cm³/mol. The van der Waals surface area contributed by atoms with Crippen LogP contribution < -0.4 is 15.4 Å². The summed E-state index contributed by atoms with van der Waals surface area (Å²) in [5.74, 6) is -1.10. The minimum absolute atomic E-state index is 0.123. The number of esters is 1. The fourth-order valence-electron chi connectivity index (χ4n) is 3.14. The van der Waals surface area contributed by atoms with Gasteiger partial charge in [0.25, 0.3) is 5.91 Å². The van der Waals surface area contributed by atoms with Crippen molar-refractivity contribution in [3.05, 3.63) is 80.2 Å². The summed E-state index contributed by atoms with van der Waals surface area (Å²) in [6.45, 7) is 3.44. The van der Waals surface area contributed by atoms with Crippen molar-refractivity contribution in [2.45, 2.75) is 13.8 Å². The van der Waals surface area contributed by atoms with E-state index in [1.807, 2.05) is 0 Å². The molecule has 0 aliphatic rings. The summed E-state index contributed by atoms with van der Waals surface area (Å²) in [5, 5.41) is 6.43. The topological polar surface area (TPSA) is 93.7 Å². The average molecular weight is 533 g/mol. The molecule has 0 unspecified atom stereocenters. The van der Waals surface area contributed by atoms with Gasteiger partial charge in [-0.1, -0.05) is 41.4 Å². The van der Waals surface area contributed by atoms with E-state index < -0.39 is 17.8 Å². The van der Waals surface area contributed by atoms with E-state index >= 15 is 0 Å². The minimum atomic E-state index is -0.638. The smallest absolute Gasteiger partial charge is 0.341 e. The van der Waals surface area contributed by atoms with E-state index in [2.05, 4.69) is 10.6 Å². The molecule has 2 N–H and O–H groups in total. The van der Waals surface area contributed by atoms with Gasteiger partial charge in [0.15, 0.2) is 0 Å². The molecular formula is C25H22Cl2N2O5S. The number of hydrogen-bond donors (Lipinski definition) is 2. The Morgan fingerprint density at radius 3 is 2.49 bits per heavy atom. The van der Waals surface area contributed by atoms with Crippen LogP contribution in [0.25, 0.3) is 6.08 Å². The first-order valence-corrected chi connectivity index (χ1v) is 12.0. The van der Waals surface area contributed by atoms with Gasteiger partial charge < -0.3 is 20.1 Å². The van der Waals surface area contributed by atoms with Crippen molar-refractivity contribution in [2.75, 3.05) is 24.4 Å². The molecule has 0 aliphatic carbocycles. The van der Waals surface area contributed by atoms with Crippen LogP contribution in [0.1, 0.15) is 38.1 Å². The van der Waals surface area contributed by atoms with Crippen LogP contribution in [-0.2, 0) is 9.53 Å². The summed E-state index contributed by atoms with van der Waals surface area (Å²) in [7, 11) is 1.50. The number of ether oxygens (including phenoxy) is 2. The van der Waals surface area contributed by atoms with Gasteiger partial charge in [-0.2, -0.15) is 0 Å². The van der Waals surface area contributed by atoms with Crippen molar-refractivity contribution < 1.29 is 23.9 Å². The zero-order valence-electron chi connectivity index (χ0n) is 19.1. The van der Waals surface area contributed by atoms with Crippen LogP contribution in [0.4, 0.5) is 10.7 Å². The lowest BCUT2D eigenvalue weighted by atomic mass is 10.1. The largest absolute Gasteiger partial charge is 0.495 e. The maximum atomic E-state index is 13.0. The second-order valence-corrected chi connectivity index (χ2v) is 8.97. The van der Waals surface area contributed by atoms with Crippen molar-refractivity contribution in [1.82, 2.24) is 0 Å². The van der Waals surface area contributed by atoms with Gasteiger partial charge in [0.1, 0.15) is 10.8 Å². The minimum Gasteiger partial charge on any atom is -0.495 e. The van der Waals surface area contributed by atoms with Crippen LogP contribution in [0.3, 0.4) is 0 Å². The third-order valence-electron chi connectivity index (χ3n) is 4.80. The highest BCUT2D eigenvalue weighted by atomic mass is 35.5. The van der Waals surface area contributed by atoms with Gasteiger partial charge >= 0.3 is 5.97 Å². The number of nitrogens with one attached hydrogen (secondary N) is 2. The maximum Gasteiger partial charge on any atom is 0.341 e. The molecule has 0 spiro atoms. The maximum absolute atomic E-state index is 13.0. The van der Waals surface area contributed by atoms with E-state index in [1.165, 1.54) is 13.2 Å². The standard InChI is InChI=1S/C25H22Cl2N2O5S/c1-4-34-25(32)21-14(2)22(23(31)28-18-7-5-6-8-19(18)33-3)35-24(21)29-20(30)12-10-15-9-11-16(26)17(27)13-15/h5-13H,4H2,1-3H3,(H,28,31)(H,29,30). The normalized spacial score (nSPS) is 10.8. The zero-order chi connectivity index (χ0) is 25.5. The van der Waals surface area contributed by atoms with Crippen LogP contribution >= 0.6 is 34.5 Å². The van der Waals surface area contributed by atoms with Crippen molar-refractivity contribution in [2.24, 2.45) is 0 Å². The highest BCUT2D eigenvalue weighted by Crippen LogP contribution is 2.35. The number of amides is 2. The molecule has 2 amide bonds. The summed E-state index contributed by atoms with van der Waals surface area (Å²) in [4.78, 5) is 38.6. The van der Waals surface area contributed by atoms with Gasteiger partial charge in [-0.15, -0.1) is 11.3 Å². The number of halogens is 2. The molecule has 1 aromatic heterocycles. The molecule has 2 aromatic carbocycles. The predicted octanol–water partition coefficient (Wildman–Crippen LogP) is 6.45. The molecule has 0 fully saturated rings. The van der Waals surface area contributed by atoms with Crippen molar-refractivity contribution in [1.29, 1.82) is 0 Å². The first-order valence-electron chi connectivity index (χ1n) is 10.4. The average Bonchev–Trinajstić information content (AvgIpc) is 3.16. The molecule has 35 heavy (non-hydrogen) atoms. The van der Waals surface area contributed by atoms with Gasteiger partial charge in [0.2, 0.25) is 5.91 Å². The van der Waals surface area contributed by atoms with E-state index in [1.54, 1.807) is 62.4 Å². The summed E-state index contributed by atoms with van der Waals surface area (Å²) in [6.07, 6.45) is 2.84. The molecule has 3 aromatic rings. The van der Waals surface area contributed by atoms with Crippen LogP contribution in [0.15, 0.2) is 48.5 Å². The van der Waals surface area contributed by atoms with E-state index in [4.69, 9.17) is 32.7 Å². The summed E-state index contributed by atoms with van der Waals surface area (Å²) in [6, 6.07) is 11.9. The Morgan fingerprint density at radius 1 is 1.06 bits per heavy atom. The third kappa shape index (κ3) is 6.42. The molecule has 0 radical (unpaired) electrons. The summed E-state index contributed by atoms with van der Waals surface area (Å²) < 4.78 is 10.4. The lowest BCUT2D eigenvalue weighted by Crippen LogP contribution is -2.14. The van der Waals surface area contributed by atoms with Crippen LogP contribution in [0, 0.1) is 6.92 Å². The Balaban J connectivity index is 1.88. The molecular weight excluding hydrogens is 511 g/mol. The SMILES string of the molecule is CCOC(=O)c1c(NC(=O)C=Cc2ccc(Cl)c(Cl)c2)sc(C(=O)Nc2ccccc2OC)c1C. The lowest BCUT2D eigenvalue weighted by molar-refractivity contribution is -0.111. The highest BCUT2D eigenvalue weighted by Gasteiger charge is 2.26. The second kappa shape index (κ2) is 11.9. The van der Waals surface area contributed by atoms with Crippen molar-refractivity contribution in [3.8, 4) is 5.75 Å². The first-order chi connectivity index (χ1) is 16.7. The van der Waals surface area contributed by atoms with Crippen LogP contribution in [-0.4, -0.2) is 31.5 Å².